The number of rotatable bonds is 9. The highest BCUT2D eigenvalue weighted by atomic mass is 16.5. The van der Waals surface area contributed by atoms with Crippen LogP contribution in [0.1, 0.15) is 32.9 Å². The Morgan fingerprint density at radius 1 is 1.26 bits per heavy atom. The van der Waals surface area contributed by atoms with Crippen molar-refractivity contribution in [2.75, 3.05) is 26.9 Å². The van der Waals surface area contributed by atoms with Crippen molar-refractivity contribution in [2.45, 2.75) is 45.8 Å². The van der Waals surface area contributed by atoms with E-state index in [0.717, 1.165) is 38.4 Å². The zero-order valence-electron chi connectivity index (χ0n) is 12.5. The fourth-order valence-electron chi connectivity index (χ4n) is 1.45. The van der Waals surface area contributed by atoms with E-state index in [9.17, 15) is 0 Å². The van der Waals surface area contributed by atoms with Crippen LogP contribution in [0.5, 0.6) is 0 Å². The minimum atomic E-state index is 0.0915. The molecule has 0 unspecified atom stereocenters. The number of hydrogen-bond donors (Lipinski definition) is 1. The molecule has 110 valence electrons. The van der Waals surface area contributed by atoms with E-state index in [1.54, 1.807) is 7.11 Å². The van der Waals surface area contributed by atoms with E-state index in [-0.39, 0.29) is 5.54 Å². The summed E-state index contributed by atoms with van der Waals surface area (Å²) in [6.45, 7) is 9.97. The molecule has 0 saturated carbocycles. The number of methoxy groups -OCH3 is 1. The second-order valence-corrected chi connectivity index (χ2v) is 5.54. The maximum atomic E-state index is 5.48. The second kappa shape index (κ2) is 8.24. The van der Waals surface area contributed by atoms with Crippen molar-refractivity contribution in [3.63, 3.8) is 0 Å². The monoisotopic (exact) mass is 270 g/mol. The highest BCUT2D eigenvalue weighted by Gasteiger charge is 2.09. The molecule has 0 aliphatic rings. The molecule has 1 N–H and O–H groups in total. The Hall–Kier alpha value is -0.980. The maximum absolute atomic E-state index is 5.48. The van der Waals surface area contributed by atoms with Gasteiger partial charge in [-0.05, 0) is 27.2 Å². The van der Waals surface area contributed by atoms with Crippen LogP contribution in [-0.2, 0) is 22.6 Å². The SMILES string of the molecule is COCCCOCCn1cc(CNC(C)(C)C)nn1. The second-order valence-electron chi connectivity index (χ2n) is 5.54. The normalized spacial score (nSPS) is 12.0. The summed E-state index contributed by atoms with van der Waals surface area (Å²) in [5.41, 5.74) is 1.04. The fraction of sp³-hybridized carbons (Fsp3) is 0.846. The Bertz CT molecular complexity index is 347. The third-order valence-corrected chi connectivity index (χ3v) is 2.49. The van der Waals surface area contributed by atoms with Crippen LogP contribution in [0.4, 0.5) is 0 Å². The Kier molecular flexibility index (Phi) is 6.97. The summed E-state index contributed by atoms with van der Waals surface area (Å²) < 4.78 is 12.2. The first-order valence-corrected chi connectivity index (χ1v) is 6.72. The van der Waals surface area contributed by atoms with Gasteiger partial charge in [0.25, 0.3) is 0 Å². The van der Waals surface area contributed by atoms with Crippen molar-refractivity contribution in [1.82, 2.24) is 20.3 Å². The van der Waals surface area contributed by atoms with Gasteiger partial charge in [-0.2, -0.15) is 0 Å². The summed E-state index contributed by atoms with van der Waals surface area (Å²) in [4.78, 5) is 0. The molecule has 0 radical (unpaired) electrons. The van der Waals surface area contributed by atoms with Crippen molar-refractivity contribution >= 4 is 0 Å². The molecule has 0 amide bonds. The first-order valence-electron chi connectivity index (χ1n) is 6.72. The summed E-state index contributed by atoms with van der Waals surface area (Å²) in [6, 6.07) is 0. The van der Waals surface area contributed by atoms with Crippen LogP contribution < -0.4 is 5.32 Å². The predicted molar refractivity (Wildman–Crippen MR) is 73.9 cm³/mol. The van der Waals surface area contributed by atoms with E-state index >= 15 is 0 Å². The van der Waals surface area contributed by atoms with Crippen molar-refractivity contribution < 1.29 is 9.47 Å². The lowest BCUT2D eigenvalue weighted by Gasteiger charge is -2.19. The third-order valence-electron chi connectivity index (χ3n) is 2.49. The molecular weight excluding hydrogens is 244 g/mol. The molecular formula is C13H26N4O2. The minimum Gasteiger partial charge on any atom is -0.385 e. The number of nitrogens with zero attached hydrogens (tertiary/aromatic N) is 3. The number of aromatic nitrogens is 3. The van der Waals surface area contributed by atoms with Crippen molar-refractivity contribution in [2.24, 2.45) is 0 Å². The Morgan fingerprint density at radius 2 is 2.05 bits per heavy atom. The predicted octanol–water partition coefficient (Wildman–Crippen LogP) is 1.22. The van der Waals surface area contributed by atoms with Crippen molar-refractivity contribution in [3.05, 3.63) is 11.9 Å². The average Bonchev–Trinajstić information content (AvgIpc) is 2.78. The molecule has 1 aromatic heterocycles. The zero-order valence-corrected chi connectivity index (χ0v) is 12.5. The Balaban J connectivity index is 2.16. The summed E-state index contributed by atoms with van der Waals surface area (Å²) in [6.07, 6.45) is 2.88. The van der Waals surface area contributed by atoms with Gasteiger partial charge in [0.2, 0.25) is 0 Å². The number of hydrogen-bond acceptors (Lipinski definition) is 5. The molecule has 0 spiro atoms. The van der Waals surface area contributed by atoms with Gasteiger partial charge in [0.15, 0.2) is 0 Å². The van der Waals surface area contributed by atoms with Gasteiger partial charge in [0.05, 0.1) is 18.8 Å². The van der Waals surface area contributed by atoms with Gasteiger partial charge in [-0.1, -0.05) is 5.21 Å². The van der Waals surface area contributed by atoms with Gasteiger partial charge < -0.3 is 14.8 Å². The lowest BCUT2D eigenvalue weighted by atomic mass is 10.1. The van der Waals surface area contributed by atoms with Gasteiger partial charge in [-0.3, -0.25) is 0 Å². The maximum Gasteiger partial charge on any atom is 0.0965 e. The van der Waals surface area contributed by atoms with Crippen LogP contribution in [0.15, 0.2) is 6.20 Å². The first-order chi connectivity index (χ1) is 9.01. The largest absolute Gasteiger partial charge is 0.385 e. The van der Waals surface area contributed by atoms with E-state index in [1.165, 1.54) is 0 Å². The molecule has 0 atom stereocenters. The zero-order chi connectivity index (χ0) is 14.1. The van der Waals surface area contributed by atoms with Gasteiger partial charge in [-0.25, -0.2) is 4.68 Å². The number of ether oxygens (including phenoxy) is 2. The smallest absolute Gasteiger partial charge is 0.0965 e. The minimum absolute atomic E-state index is 0.0915. The molecule has 1 heterocycles. The molecule has 6 heteroatoms. The van der Waals surface area contributed by atoms with Crippen LogP contribution in [0.3, 0.4) is 0 Å². The van der Waals surface area contributed by atoms with E-state index in [1.807, 2.05) is 10.9 Å². The first kappa shape index (κ1) is 16.1. The average molecular weight is 270 g/mol. The standard InChI is InChI=1S/C13H26N4O2/c1-13(2,3)14-10-12-11-17(16-15-12)6-9-19-8-5-7-18-4/h11,14H,5-10H2,1-4H3. The molecule has 6 nitrogen and oxygen atoms in total. The highest BCUT2D eigenvalue weighted by molar-refractivity contribution is 4.92. The fourth-order valence-corrected chi connectivity index (χ4v) is 1.45. The van der Waals surface area contributed by atoms with Crippen molar-refractivity contribution in [1.29, 1.82) is 0 Å². The van der Waals surface area contributed by atoms with Crippen LogP contribution >= 0.6 is 0 Å². The summed E-state index contributed by atoms with van der Waals surface area (Å²) in [5.74, 6) is 0. The van der Waals surface area contributed by atoms with Crippen LogP contribution in [0.25, 0.3) is 0 Å². The lowest BCUT2D eigenvalue weighted by Crippen LogP contribution is -2.35. The Morgan fingerprint density at radius 3 is 2.74 bits per heavy atom. The van der Waals surface area contributed by atoms with Gasteiger partial charge in [-0.15, -0.1) is 5.10 Å². The summed E-state index contributed by atoms with van der Waals surface area (Å²) >= 11 is 0. The molecule has 19 heavy (non-hydrogen) atoms. The topological polar surface area (TPSA) is 61.2 Å². The van der Waals surface area contributed by atoms with Gasteiger partial charge in [0, 0.05) is 38.6 Å². The quantitative estimate of drug-likeness (QED) is 0.684. The lowest BCUT2D eigenvalue weighted by molar-refractivity contribution is 0.0958. The molecule has 0 fully saturated rings. The van der Waals surface area contributed by atoms with Crippen LogP contribution in [-0.4, -0.2) is 47.5 Å². The van der Waals surface area contributed by atoms with E-state index in [2.05, 4.69) is 36.4 Å². The van der Waals surface area contributed by atoms with E-state index < -0.39 is 0 Å². The van der Waals surface area contributed by atoms with E-state index in [0.29, 0.717) is 6.61 Å². The Labute approximate surface area is 115 Å². The van der Waals surface area contributed by atoms with Crippen molar-refractivity contribution in [3.8, 4) is 0 Å². The van der Waals surface area contributed by atoms with Gasteiger partial charge in [0.1, 0.15) is 0 Å². The van der Waals surface area contributed by atoms with Crippen LogP contribution in [0.2, 0.25) is 0 Å². The molecule has 0 aromatic carbocycles. The highest BCUT2D eigenvalue weighted by Crippen LogP contribution is 2.01. The van der Waals surface area contributed by atoms with E-state index in [4.69, 9.17) is 9.47 Å². The molecule has 1 rings (SSSR count). The molecule has 0 bridgehead atoms. The number of nitrogens with one attached hydrogen (secondary N) is 1. The third kappa shape index (κ3) is 7.92. The molecule has 0 saturated heterocycles. The van der Waals surface area contributed by atoms with Crippen LogP contribution in [0, 0.1) is 0 Å². The molecule has 1 aromatic rings. The molecule has 0 aliphatic carbocycles. The summed E-state index contributed by atoms with van der Waals surface area (Å²) in [7, 11) is 1.70. The molecule has 0 aliphatic heterocycles. The van der Waals surface area contributed by atoms with Gasteiger partial charge >= 0.3 is 0 Å². The summed E-state index contributed by atoms with van der Waals surface area (Å²) in [5, 5.41) is 11.6.